The number of rotatable bonds is 8. The van der Waals surface area contributed by atoms with Crippen LogP contribution in [-0.4, -0.2) is 44.9 Å². The van der Waals surface area contributed by atoms with Gasteiger partial charge in [0.25, 0.3) is 10.1 Å². The second-order valence-corrected chi connectivity index (χ2v) is 7.73. The first-order chi connectivity index (χ1) is 13.0. The minimum Gasteiger partial charge on any atom is -0.459 e. The van der Waals surface area contributed by atoms with Crippen LogP contribution in [0, 0.1) is 5.92 Å². The van der Waals surface area contributed by atoms with Crippen LogP contribution in [0.1, 0.15) is 5.56 Å². The zero-order valence-electron chi connectivity index (χ0n) is 14.5. The minimum absolute atomic E-state index is 0.0399. The number of esters is 1. The number of β-lactam (4-membered cyclic amide) rings is 1. The molecule has 1 aliphatic heterocycles. The standard InChI is InChI=1S/C19H19NO6S/c21-18(25-13-15-7-3-1-4-8-15)12-20-11-16(19(20)22)14-26-27(23,24)17-9-5-2-6-10-17/h1-10,16H,11-14H2. The monoisotopic (exact) mass is 389 g/mol. The molecule has 27 heavy (non-hydrogen) atoms. The molecule has 0 aromatic heterocycles. The molecule has 1 atom stereocenters. The highest BCUT2D eigenvalue weighted by Gasteiger charge is 2.39. The van der Waals surface area contributed by atoms with Crippen molar-refractivity contribution in [2.45, 2.75) is 11.5 Å². The molecule has 1 saturated heterocycles. The Bertz CT molecular complexity index is 898. The van der Waals surface area contributed by atoms with Crippen LogP contribution < -0.4 is 0 Å². The molecule has 0 radical (unpaired) electrons. The molecule has 1 aliphatic rings. The highest BCUT2D eigenvalue weighted by molar-refractivity contribution is 7.86. The minimum atomic E-state index is -3.90. The SMILES string of the molecule is O=C(CN1CC(COS(=O)(=O)c2ccccc2)C1=O)OCc1ccccc1. The van der Waals surface area contributed by atoms with Gasteiger partial charge in [0.2, 0.25) is 5.91 Å². The van der Waals surface area contributed by atoms with Gasteiger partial charge in [0.1, 0.15) is 13.2 Å². The summed E-state index contributed by atoms with van der Waals surface area (Å²) in [5.41, 5.74) is 0.859. The topological polar surface area (TPSA) is 90.0 Å². The zero-order chi connectivity index (χ0) is 19.3. The van der Waals surface area contributed by atoms with Gasteiger partial charge in [0, 0.05) is 6.54 Å². The van der Waals surface area contributed by atoms with E-state index in [4.69, 9.17) is 8.92 Å². The van der Waals surface area contributed by atoms with Crippen LogP contribution in [0.2, 0.25) is 0 Å². The Balaban J connectivity index is 1.41. The van der Waals surface area contributed by atoms with Gasteiger partial charge >= 0.3 is 5.97 Å². The first-order valence-electron chi connectivity index (χ1n) is 8.38. The largest absolute Gasteiger partial charge is 0.459 e. The second kappa shape index (κ2) is 8.32. The summed E-state index contributed by atoms with van der Waals surface area (Å²) < 4.78 is 34.2. The molecule has 1 unspecified atom stereocenters. The van der Waals surface area contributed by atoms with Crippen LogP contribution >= 0.6 is 0 Å². The molecule has 7 nitrogen and oxygen atoms in total. The molecule has 8 heteroatoms. The molecule has 0 spiro atoms. The molecule has 1 amide bonds. The average molecular weight is 389 g/mol. The first kappa shape index (κ1) is 19.1. The molecule has 0 aliphatic carbocycles. The quantitative estimate of drug-likeness (QED) is 0.387. The normalized spacial score (nSPS) is 16.7. The van der Waals surface area contributed by atoms with Crippen LogP contribution in [0.3, 0.4) is 0 Å². The fourth-order valence-corrected chi connectivity index (χ4v) is 3.58. The lowest BCUT2D eigenvalue weighted by Crippen LogP contribution is -2.56. The van der Waals surface area contributed by atoms with Gasteiger partial charge in [-0.15, -0.1) is 0 Å². The number of carbonyl (C=O) groups is 2. The van der Waals surface area contributed by atoms with E-state index in [0.29, 0.717) is 0 Å². The number of amides is 1. The highest BCUT2D eigenvalue weighted by atomic mass is 32.2. The van der Waals surface area contributed by atoms with E-state index in [9.17, 15) is 18.0 Å². The molecule has 1 heterocycles. The summed E-state index contributed by atoms with van der Waals surface area (Å²) in [6, 6.07) is 17.0. The zero-order valence-corrected chi connectivity index (χ0v) is 15.3. The number of ether oxygens (including phenoxy) is 1. The maximum Gasteiger partial charge on any atom is 0.325 e. The summed E-state index contributed by atoms with van der Waals surface area (Å²) in [6.07, 6.45) is 0. The molecule has 3 rings (SSSR count). The third-order valence-electron chi connectivity index (χ3n) is 4.12. The van der Waals surface area contributed by atoms with Gasteiger partial charge in [-0.3, -0.25) is 13.8 Å². The lowest BCUT2D eigenvalue weighted by atomic mass is 10.0. The average Bonchev–Trinajstić information content (AvgIpc) is 2.69. The fourth-order valence-electron chi connectivity index (χ4n) is 2.61. The van der Waals surface area contributed by atoms with Gasteiger partial charge in [-0.05, 0) is 17.7 Å². The smallest absolute Gasteiger partial charge is 0.325 e. The third-order valence-corrected chi connectivity index (χ3v) is 5.42. The van der Waals surface area contributed by atoms with Crippen LogP contribution in [0.15, 0.2) is 65.6 Å². The summed E-state index contributed by atoms with van der Waals surface area (Å²) in [4.78, 5) is 25.3. The van der Waals surface area contributed by atoms with Gasteiger partial charge in [0.05, 0.1) is 17.4 Å². The van der Waals surface area contributed by atoms with Crippen molar-refractivity contribution < 1.29 is 26.9 Å². The predicted molar refractivity (Wildman–Crippen MR) is 95.9 cm³/mol. The summed E-state index contributed by atoms with van der Waals surface area (Å²) in [5, 5.41) is 0. The Hall–Kier alpha value is -2.71. The number of benzene rings is 2. The van der Waals surface area contributed by atoms with Gasteiger partial charge < -0.3 is 9.64 Å². The van der Waals surface area contributed by atoms with E-state index < -0.39 is 22.0 Å². The van der Waals surface area contributed by atoms with Crippen molar-refractivity contribution in [2.75, 3.05) is 19.7 Å². The summed E-state index contributed by atoms with van der Waals surface area (Å²) in [6.45, 7) is -0.00757. The van der Waals surface area contributed by atoms with Crippen molar-refractivity contribution in [3.8, 4) is 0 Å². The molecule has 2 aromatic carbocycles. The predicted octanol–water partition coefficient (Wildman–Crippen LogP) is 1.59. The Morgan fingerprint density at radius 3 is 2.30 bits per heavy atom. The van der Waals surface area contributed by atoms with Crippen molar-refractivity contribution in [2.24, 2.45) is 5.92 Å². The van der Waals surface area contributed by atoms with E-state index in [0.717, 1.165) is 5.56 Å². The summed E-state index contributed by atoms with van der Waals surface area (Å²) in [5.74, 6) is -1.41. The molecular weight excluding hydrogens is 370 g/mol. The first-order valence-corrected chi connectivity index (χ1v) is 9.79. The van der Waals surface area contributed by atoms with Gasteiger partial charge in [0.15, 0.2) is 0 Å². The molecule has 0 bridgehead atoms. The van der Waals surface area contributed by atoms with Crippen molar-refractivity contribution in [1.29, 1.82) is 0 Å². The second-order valence-electron chi connectivity index (χ2n) is 6.11. The van der Waals surface area contributed by atoms with E-state index in [-0.39, 0.29) is 37.1 Å². The Kier molecular flexibility index (Phi) is 5.88. The summed E-state index contributed by atoms with van der Waals surface area (Å²) in [7, 11) is -3.90. The fraction of sp³-hybridized carbons (Fsp3) is 0.263. The maximum absolute atomic E-state index is 12.1. The van der Waals surface area contributed by atoms with Crippen LogP contribution in [0.5, 0.6) is 0 Å². The molecule has 2 aromatic rings. The number of carbonyl (C=O) groups excluding carboxylic acids is 2. The van der Waals surface area contributed by atoms with E-state index in [1.807, 2.05) is 30.3 Å². The Morgan fingerprint density at radius 2 is 1.67 bits per heavy atom. The van der Waals surface area contributed by atoms with Crippen molar-refractivity contribution in [1.82, 2.24) is 4.90 Å². The van der Waals surface area contributed by atoms with Crippen LogP contribution in [0.4, 0.5) is 0 Å². The number of hydrogen-bond donors (Lipinski definition) is 0. The maximum atomic E-state index is 12.1. The van der Waals surface area contributed by atoms with Gasteiger partial charge in [-0.1, -0.05) is 48.5 Å². The lowest BCUT2D eigenvalue weighted by Gasteiger charge is -2.37. The third kappa shape index (κ3) is 4.93. The number of likely N-dealkylation sites (tertiary alicyclic amines) is 1. The summed E-state index contributed by atoms with van der Waals surface area (Å²) >= 11 is 0. The van der Waals surface area contributed by atoms with E-state index in [1.165, 1.54) is 17.0 Å². The lowest BCUT2D eigenvalue weighted by molar-refractivity contribution is -0.159. The molecule has 142 valence electrons. The van der Waals surface area contributed by atoms with Crippen molar-refractivity contribution >= 4 is 22.0 Å². The molecule has 0 saturated carbocycles. The molecule has 0 N–H and O–H groups in total. The highest BCUT2D eigenvalue weighted by Crippen LogP contribution is 2.20. The Morgan fingerprint density at radius 1 is 1.04 bits per heavy atom. The number of hydrogen-bond acceptors (Lipinski definition) is 6. The van der Waals surface area contributed by atoms with E-state index in [1.54, 1.807) is 18.2 Å². The molecular formula is C19H19NO6S. The Labute approximate surface area is 157 Å². The van der Waals surface area contributed by atoms with Crippen LogP contribution in [-0.2, 0) is 35.2 Å². The van der Waals surface area contributed by atoms with E-state index >= 15 is 0 Å². The van der Waals surface area contributed by atoms with Crippen molar-refractivity contribution in [3.63, 3.8) is 0 Å². The van der Waals surface area contributed by atoms with Crippen LogP contribution in [0.25, 0.3) is 0 Å². The van der Waals surface area contributed by atoms with Gasteiger partial charge in [-0.2, -0.15) is 8.42 Å². The van der Waals surface area contributed by atoms with E-state index in [2.05, 4.69) is 0 Å². The molecule has 1 fully saturated rings. The number of nitrogens with zero attached hydrogens (tertiary/aromatic N) is 1. The van der Waals surface area contributed by atoms with Gasteiger partial charge in [-0.25, -0.2) is 0 Å². The van der Waals surface area contributed by atoms with Crippen molar-refractivity contribution in [3.05, 3.63) is 66.2 Å².